The Balaban J connectivity index is 1.51. The quantitative estimate of drug-likeness (QED) is 0.479. The largest absolute Gasteiger partial charge is 0.489 e. The fourth-order valence-corrected chi connectivity index (χ4v) is 3.26. The lowest BCUT2D eigenvalue weighted by Gasteiger charge is -2.13. The molecule has 3 rings (SSSR count). The van der Waals surface area contributed by atoms with Gasteiger partial charge in [-0.2, -0.15) is 0 Å². The molecule has 0 amide bonds. The summed E-state index contributed by atoms with van der Waals surface area (Å²) in [6, 6.07) is 13.8. The molecule has 0 atom stereocenters. The summed E-state index contributed by atoms with van der Waals surface area (Å²) in [5.74, 6) is 0.885. The maximum Gasteiger partial charge on any atom is 0.124 e. The zero-order valence-electron chi connectivity index (χ0n) is 14.4. The van der Waals surface area contributed by atoms with Crippen molar-refractivity contribution in [2.75, 3.05) is 6.54 Å². The van der Waals surface area contributed by atoms with Gasteiger partial charge < -0.3 is 14.6 Å². The second kappa shape index (κ2) is 9.76. The normalized spacial score (nSPS) is 10.8. The molecule has 1 N–H and O–H groups in total. The van der Waals surface area contributed by atoms with E-state index in [1.54, 1.807) is 6.20 Å². The Morgan fingerprint density at radius 1 is 1.19 bits per heavy atom. The Labute approximate surface area is 167 Å². The summed E-state index contributed by atoms with van der Waals surface area (Å²) < 4.78 is 9.15. The second-order valence-electron chi connectivity index (χ2n) is 6.00. The second-order valence-corrected chi connectivity index (χ2v) is 7.35. The molecule has 0 radical (unpaired) electrons. The van der Waals surface area contributed by atoms with Gasteiger partial charge in [0, 0.05) is 40.5 Å². The van der Waals surface area contributed by atoms with Crippen LogP contribution in [0.3, 0.4) is 0 Å². The Morgan fingerprint density at radius 3 is 2.92 bits per heavy atom. The van der Waals surface area contributed by atoms with E-state index in [0.717, 1.165) is 52.4 Å². The zero-order chi connectivity index (χ0) is 18.2. The summed E-state index contributed by atoms with van der Waals surface area (Å²) in [6.07, 6.45) is 6.67. The van der Waals surface area contributed by atoms with Gasteiger partial charge in [0.2, 0.25) is 0 Å². The zero-order valence-corrected chi connectivity index (χ0v) is 16.7. The average molecular weight is 435 g/mol. The maximum absolute atomic E-state index is 6.04. The standard InChI is InChI=1S/C20H21BrClN3O/c21-18-5-6-20(26-14-16-3-1-4-19(22)11-16)17(12-18)13-23-7-2-9-25-10-8-24-15-25/h1,3-6,8,10-12,15,23H,2,7,9,13-14H2. The Hall–Kier alpha value is -1.82. The third-order valence-electron chi connectivity index (χ3n) is 3.95. The molecule has 4 nitrogen and oxygen atoms in total. The molecule has 6 heteroatoms. The van der Waals surface area contributed by atoms with Gasteiger partial charge in [0.05, 0.1) is 6.33 Å². The highest BCUT2D eigenvalue weighted by Crippen LogP contribution is 2.24. The number of ether oxygens (including phenoxy) is 1. The monoisotopic (exact) mass is 433 g/mol. The molecular formula is C20H21BrClN3O. The van der Waals surface area contributed by atoms with Gasteiger partial charge in [0.15, 0.2) is 0 Å². The van der Waals surface area contributed by atoms with Gasteiger partial charge >= 0.3 is 0 Å². The summed E-state index contributed by atoms with van der Waals surface area (Å²) in [7, 11) is 0. The van der Waals surface area contributed by atoms with Gasteiger partial charge in [-0.15, -0.1) is 0 Å². The average Bonchev–Trinajstić information content (AvgIpc) is 3.14. The minimum Gasteiger partial charge on any atom is -0.489 e. The third-order valence-corrected chi connectivity index (χ3v) is 4.68. The molecule has 0 saturated carbocycles. The predicted octanol–water partition coefficient (Wildman–Crippen LogP) is 5.06. The van der Waals surface area contributed by atoms with E-state index in [0.29, 0.717) is 6.61 Å². The van der Waals surface area contributed by atoms with Crippen molar-refractivity contribution in [1.82, 2.24) is 14.9 Å². The third kappa shape index (κ3) is 5.87. The van der Waals surface area contributed by atoms with Crippen LogP contribution < -0.4 is 10.1 Å². The lowest BCUT2D eigenvalue weighted by molar-refractivity contribution is 0.302. The number of imidazole rings is 1. The fourth-order valence-electron chi connectivity index (χ4n) is 2.64. The number of nitrogens with one attached hydrogen (secondary N) is 1. The van der Waals surface area contributed by atoms with Crippen LogP contribution in [-0.4, -0.2) is 16.1 Å². The lowest BCUT2D eigenvalue weighted by Crippen LogP contribution is -2.17. The number of rotatable bonds is 9. The minimum absolute atomic E-state index is 0.496. The molecule has 0 unspecified atom stereocenters. The fraction of sp³-hybridized carbons (Fsp3) is 0.250. The van der Waals surface area contributed by atoms with E-state index in [1.807, 2.05) is 48.9 Å². The summed E-state index contributed by atoms with van der Waals surface area (Å²) in [4.78, 5) is 4.05. The molecule has 2 aromatic carbocycles. The first-order chi connectivity index (χ1) is 12.7. The van der Waals surface area contributed by atoms with E-state index in [2.05, 4.69) is 36.9 Å². The molecule has 1 aromatic heterocycles. The van der Waals surface area contributed by atoms with E-state index in [-0.39, 0.29) is 0 Å². The van der Waals surface area contributed by atoms with E-state index in [9.17, 15) is 0 Å². The predicted molar refractivity (Wildman–Crippen MR) is 108 cm³/mol. The van der Waals surface area contributed by atoms with E-state index < -0.39 is 0 Å². The molecule has 0 fully saturated rings. The van der Waals surface area contributed by atoms with Crippen molar-refractivity contribution in [3.63, 3.8) is 0 Å². The van der Waals surface area contributed by atoms with Crippen LogP contribution in [0.5, 0.6) is 5.75 Å². The summed E-state index contributed by atoms with van der Waals surface area (Å²) in [5, 5.41) is 4.21. The van der Waals surface area contributed by atoms with Gasteiger partial charge in [-0.3, -0.25) is 0 Å². The minimum atomic E-state index is 0.496. The van der Waals surface area contributed by atoms with Crippen molar-refractivity contribution in [1.29, 1.82) is 0 Å². The van der Waals surface area contributed by atoms with E-state index >= 15 is 0 Å². The molecule has 0 saturated heterocycles. The van der Waals surface area contributed by atoms with Crippen molar-refractivity contribution < 1.29 is 4.74 Å². The molecule has 0 bridgehead atoms. The van der Waals surface area contributed by atoms with Crippen LogP contribution in [0, 0.1) is 0 Å². The van der Waals surface area contributed by atoms with Gasteiger partial charge in [-0.25, -0.2) is 4.98 Å². The molecule has 3 aromatic rings. The summed E-state index contributed by atoms with van der Waals surface area (Å²) in [6.45, 7) is 3.14. The summed E-state index contributed by atoms with van der Waals surface area (Å²) >= 11 is 9.58. The number of aromatic nitrogens is 2. The van der Waals surface area contributed by atoms with Crippen LogP contribution in [0.25, 0.3) is 0 Å². The molecule has 0 aliphatic heterocycles. The number of aryl methyl sites for hydroxylation is 1. The SMILES string of the molecule is Clc1cccc(COc2ccc(Br)cc2CNCCCn2ccnc2)c1. The van der Waals surface area contributed by atoms with Crippen molar-refractivity contribution in [2.45, 2.75) is 26.1 Å². The first kappa shape index (κ1) is 19.0. The number of nitrogens with zero attached hydrogens (tertiary/aromatic N) is 2. The van der Waals surface area contributed by atoms with E-state index in [4.69, 9.17) is 16.3 Å². The molecule has 26 heavy (non-hydrogen) atoms. The molecule has 0 spiro atoms. The molecule has 0 aliphatic carbocycles. The van der Waals surface area contributed by atoms with Crippen LogP contribution in [-0.2, 0) is 19.7 Å². The highest BCUT2D eigenvalue weighted by atomic mass is 79.9. The van der Waals surface area contributed by atoms with Gasteiger partial charge in [-0.1, -0.05) is 39.7 Å². The topological polar surface area (TPSA) is 39.1 Å². The number of hydrogen-bond donors (Lipinski definition) is 1. The van der Waals surface area contributed by atoms with Crippen LogP contribution in [0.2, 0.25) is 5.02 Å². The lowest BCUT2D eigenvalue weighted by atomic mass is 10.2. The van der Waals surface area contributed by atoms with Crippen molar-refractivity contribution >= 4 is 27.5 Å². The Morgan fingerprint density at radius 2 is 2.12 bits per heavy atom. The highest BCUT2D eigenvalue weighted by Gasteiger charge is 2.06. The number of hydrogen-bond acceptors (Lipinski definition) is 3. The molecule has 1 heterocycles. The van der Waals surface area contributed by atoms with Crippen LogP contribution in [0.1, 0.15) is 17.5 Å². The Bertz CT molecular complexity index is 824. The summed E-state index contributed by atoms with van der Waals surface area (Å²) in [5.41, 5.74) is 2.18. The highest BCUT2D eigenvalue weighted by molar-refractivity contribution is 9.10. The molecular weight excluding hydrogens is 414 g/mol. The first-order valence-corrected chi connectivity index (χ1v) is 9.70. The smallest absolute Gasteiger partial charge is 0.124 e. The first-order valence-electron chi connectivity index (χ1n) is 8.53. The van der Waals surface area contributed by atoms with Crippen molar-refractivity contribution in [2.24, 2.45) is 0 Å². The van der Waals surface area contributed by atoms with Crippen LogP contribution in [0.15, 0.2) is 65.7 Å². The maximum atomic E-state index is 6.04. The molecule has 136 valence electrons. The Kier molecular flexibility index (Phi) is 7.12. The van der Waals surface area contributed by atoms with Gasteiger partial charge in [0.25, 0.3) is 0 Å². The van der Waals surface area contributed by atoms with Crippen molar-refractivity contribution in [3.05, 3.63) is 81.8 Å². The van der Waals surface area contributed by atoms with Gasteiger partial charge in [-0.05, 0) is 48.9 Å². The van der Waals surface area contributed by atoms with Gasteiger partial charge in [0.1, 0.15) is 12.4 Å². The van der Waals surface area contributed by atoms with Crippen LogP contribution >= 0.6 is 27.5 Å². The molecule has 0 aliphatic rings. The van der Waals surface area contributed by atoms with E-state index in [1.165, 1.54) is 0 Å². The van der Waals surface area contributed by atoms with Crippen LogP contribution in [0.4, 0.5) is 0 Å². The van der Waals surface area contributed by atoms with Crippen molar-refractivity contribution in [3.8, 4) is 5.75 Å². The number of benzene rings is 2. The number of halogens is 2.